The van der Waals surface area contributed by atoms with E-state index in [1.54, 1.807) is 37.4 Å². The van der Waals surface area contributed by atoms with Gasteiger partial charge in [0.1, 0.15) is 30.4 Å². The van der Waals surface area contributed by atoms with Crippen molar-refractivity contribution in [1.29, 1.82) is 5.26 Å². The van der Waals surface area contributed by atoms with E-state index in [2.05, 4.69) is 40.1 Å². The summed E-state index contributed by atoms with van der Waals surface area (Å²) in [6.07, 6.45) is 1.78. The van der Waals surface area contributed by atoms with Crippen LogP contribution in [0.1, 0.15) is 67.2 Å². The summed E-state index contributed by atoms with van der Waals surface area (Å²) in [4.78, 5) is 30.5. The van der Waals surface area contributed by atoms with Crippen molar-refractivity contribution in [2.24, 2.45) is 0 Å². The molecule has 3 fully saturated rings. The van der Waals surface area contributed by atoms with Crippen LogP contribution in [0, 0.1) is 18.3 Å². The second-order valence-corrected chi connectivity index (χ2v) is 13.4. The Bertz CT molecular complexity index is 1640. The van der Waals surface area contributed by atoms with Crippen molar-refractivity contribution in [3.05, 3.63) is 94.0 Å². The SMILES string of the molecule is CC[C@H]1O[C@@H](n2cc(C)c(NC(=O)c3ccccc3)nc2=O)C(OCOCCC#N)[C@H]1O[P@@]1O[C@](C)(c2ccccc2)[C@@H]2CCCN21. The lowest BCUT2D eigenvalue weighted by Crippen LogP contribution is -2.40. The molecule has 47 heavy (non-hydrogen) atoms. The van der Waals surface area contributed by atoms with Crippen molar-refractivity contribution in [2.45, 2.75) is 82.6 Å². The second kappa shape index (κ2) is 14.7. The van der Waals surface area contributed by atoms with Gasteiger partial charge in [0.15, 0.2) is 6.23 Å². The molecule has 248 valence electrons. The highest BCUT2D eigenvalue weighted by atomic mass is 31.2. The van der Waals surface area contributed by atoms with Crippen molar-refractivity contribution in [2.75, 3.05) is 25.3 Å². The molecule has 1 amide bonds. The van der Waals surface area contributed by atoms with E-state index in [1.165, 1.54) is 4.57 Å². The van der Waals surface area contributed by atoms with E-state index in [0.717, 1.165) is 24.9 Å². The summed E-state index contributed by atoms with van der Waals surface area (Å²) in [5, 5.41) is 11.7. The molecular weight excluding hydrogens is 621 g/mol. The molecule has 1 N–H and O–H groups in total. The summed E-state index contributed by atoms with van der Waals surface area (Å²) >= 11 is 0. The molecule has 0 saturated carbocycles. The van der Waals surface area contributed by atoms with E-state index in [1.807, 2.05) is 31.2 Å². The van der Waals surface area contributed by atoms with Gasteiger partial charge in [-0.05, 0) is 50.8 Å². The minimum absolute atomic E-state index is 0.123. The van der Waals surface area contributed by atoms with Gasteiger partial charge in [0.05, 0.1) is 31.2 Å². The number of carbonyl (C=O) groups is 1. The fraction of sp³-hybridized carbons (Fsp3) is 0.471. The first-order valence-electron chi connectivity index (χ1n) is 16.0. The fourth-order valence-electron chi connectivity index (χ4n) is 6.50. The quantitative estimate of drug-likeness (QED) is 0.153. The molecule has 3 aromatic rings. The summed E-state index contributed by atoms with van der Waals surface area (Å²) in [6.45, 7) is 6.82. The van der Waals surface area contributed by atoms with Gasteiger partial charge in [-0.2, -0.15) is 10.2 Å². The number of fused-ring (bicyclic) bond motifs is 1. The number of aromatic nitrogens is 2. The predicted molar refractivity (Wildman–Crippen MR) is 174 cm³/mol. The molecule has 3 aliphatic rings. The Labute approximate surface area is 275 Å². The van der Waals surface area contributed by atoms with Crippen LogP contribution in [0.4, 0.5) is 5.82 Å². The minimum Gasteiger partial charge on any atom is -0.354 e. The number of ether oxygens (including phenoxy) is 3. The lowest BCUT2D eigenvalue weighted by atomic mass is 9.87. The Balaban J connectivity index is 1.27. The summed E-state index contributed by atoms with van der Waals surface area (Å²) in [5.41, 5.74) is 0.967. The van der Waals surface area contributed by atoms with Crippen molar-refractivity contribution < 1.29 is 28.1 Å². The third-order valence-corrected chi connectivity index (χ3v) is 10.8. The van der Waals surface area contributed by atoms with Gasteiger partial charge in [-0.15, -0.1) is 0 Å². The maximum atomic E-state index is 13.5. The van der Waals surface area contributed by atoms with E-state index in [9.17, 15) is 9.59 Å². The molecule has 7 atom stereocenters. The summed E-state index contributed by atoms with van der Waals surface area (Å²) < 4.78 is 35.7. The molecule has 3 saturated heterocycles. The standard InChI is InChI=1S/C34H40N5O7P/c1-4-26-28(45-47-39-19-11-17-27(39)34(3,46-47)25-15-9-6-10-16-25)29(43-22-42-20-12-18-35)32(44-26)38-21-23(2)30(37-33(38)41)36-31(40)24-13-7-5-8-14-24/h5-10,13-16,21,26-29,32H,4,11-12,17,19-20,22H2,1-3H3,(H,36,37,40,41)/t26-,27+,28+,29?,32-,34-,47+/m1/s1. The Morgan fingerprint density at radius 1 is 1.17 bits per heavy atom. The summed E-state index contributed by atoms with van der Waals surface area (Å²) in [5.74, 6) is -0.203. The van der Waals surface area contributed by atoms with Crippen molar-refractivity contribution in [3.8, 4) is 6.07 Å². The number of hydrogen-bond donors (Lipinski definition) is 1. The van der Waals surface area contributed by atoms with Gasteiger partial charge in [0, 0.05) is 23.9 Å². The zero-order valence-electron chi connectivity index (χ0n) is 26.8. The summed E-state index contributed by atoms with van der Waals surface area (Å²) in [6, 6.07) is 21.2. The van der Waals surface area contributed by atoms with E-state index in [4.69, 9.17) is 28.5 Å². The number of nitrogens with one attached hydrogen (secondary N) is 1. The number of benzene rings is 2. The lowest BCUT2D eigenvalue weighted by molar-refractivity contribution is -0.137. The van der Waals surface area contributed by atoms with Crippen LogP contribution in [-0.2, 0) is 28.9 Å². The number of nitrogens with zero attached hydrogens (tertiary/aromatic N) is 4. The van der Waals surface area contributed by atoms with Crippen LogP contribution in [0.25, 0.3) is 0 Å². The first-order valence-corrected chi connectivity index (χ1v) is 17.1. The topological polar surface area (TPSA) is 137 Å². The molecule has 0 spiro atoms. The smallest absolute Gasteiger partial charge is 0.351 e. The zero-order valence-corrected chi connectivity index (χ0v) is 27.7. The highest BCUT2D eigenvalue weighted by Crippen LogP contribution is 2.64. The van der Waals surface area contributed by atoms with Gasteiger partial charge >= 0.3 is 5.69 Å². The lowest BCUT2D eigenvalue weighted by Gasteiger charge is -2.29. The number of hydrogen-bond acceptors (Lipinski definition) is 10. The van der Waals surface area contributed by atoms with Crippen LogP contribution in [0.15, 0.2) is 71.7 Å². The summed E-state index contributed by atoms with van der Waals surface area (Å²) in [7, 11) is -1.49. The number of amides is 1. The monoisotopic (exact) mass is 661 g/mol. The van der Waals surface area contributed by atoms with Crippen LogP contribution in [0.2, 0.25) is 0 Å². The van der Waals surface area contributed by atoms with Crippen LogP contribution in [0.5, 0.6) is 0 Å². The molecule has 3 aliphatic heterocycles. The van der Waals surface area contributed by atoms with Crippen LogP contribution >= 0.6 is 8.53 Å². The predicted octanol–water partition coefficient (Wildman–Crippen LogP) is 5.41. The van der Waals surface area contributed by atoms with Crippen LogP contribution in [0.3, 0.4) is 0 Å². The Kier molecular flexibility index (Phi) is 10.4. The average molecular weight is 662 g/mol. The number of rotatable bonds is 12. The molecule has 2 aromatic carbocycles. The van der Waals surface area contributed by atoms with Crippen molar-refractivity contribution >= 4 is 20.3 Å². The number of aryl methyl sites for hydroxylation is 1. The third-order valence-electron chi connectivity index (χ3n) is 8.96. The molecule has 12 nitrogen and oxygen atoms in total. The van der Waals surface area contributed by atoms with Gasteiger partial charge in [-0.3, -0.25) is 9.36 Å². The number of nitriles is 1. The normalized spacial score (nSPS) is 28.6. The van der Waals surface area contributed by atoms with E-state index in [0.29, 0.717) is 17.5 Å². The molecule has 1 unspecified atom stereocenters. The molecule has 0 bridgehead atoms. The van der Waals surface area contributed by atoms with Gasteiger partial charge in [0.25, 0.3) is 14.4 Å². The van der Waals surface area contributed by atoms with Gasteiger partial charge < -0.3 is 28.6 Å². The number of carbonyl (C=O) groups excluding carboxylic acids is 1. The molecule has 0 aliphatic carbocycles. The van der Waals surface area contributed by atoms with Crippen LogP contribution in [-0.4, -0.2) is 64.4 Å². The molecule has 6 rings (SSSR count). The molecule has 0 radical (unpaired) electrons. The maximum Gasteiger partial charge on any atom is 0.351 e. The van der Waals surface area contributed by atoms with Crippen molar-refractivity contribution in [3.63, 3.8) is 0 Å². The highest BCUT2D eigenvalue weighted by Gasteiger charge is 2.57. The first-order chi connectivity index (χ1) is 22.8. The molecule has 13 heteroatoms. The Morgan fingerprint density at radius 2 is 1.91 bits per heavy atom. The second-order valence-electron chi connectivity index (χ2n) is 12.0. The van der Waals surface area contributed by atoms with E-state index in [-0.39, 0.29) is 37.6 Å². The fourth-order valence-corrected chi connectivity index (χ4v) is 8.65. The van der Waals surface area contributed by atoms with Gasteiger partial charge in [-0.25, -0.2) is 9.46 Å². The maximum absolute atomic E-state index is 13.5. The van der Waals surface area contributed by atoms with E-state index >= 15 is 0 Å². The zero-order chi connectivity index (χ0) is 33.0. The van der Waals surface area contributed by atoms with Gasteiger partial charge in [-0.1, -0.05) is 55.5 Å². The highest BCUT2D eigenvalue weighted by molar-refractivity contribution is 7.45. The van der Waals surface area contributed by atoms with Crippen molar-refractivity contribution in [1.82, 2.24) is 14.2 Å². The minimum atomic E-state index is -1.49. The number of anilines is 1. The molecular formula is C34H40N5O7P. The first kappa shape index (κ1) is 33.4. The van der Waals surface area contributed by atoms with Crippen LogP contribution < -0.4 is 11.0 Å². The molecule has 4 heterocycles. The van der Waals surface area contributed by atoms with E-state index < -0.39 is 44.4 Å². The Hall–Kier alpha value is -3.53. The van der Waals surface area contributed by atoms with Gasteiger partial charge in [0.2, 0.25) is 0 Å². The third kappa shape index (κ3) is 6.89. The molecule has 1 aromatic heterocycles. The largest absolute Gasteiger partial charge is 0.354 e. The Morgan fingerprint density at radius 3 is 2.64 bits per heavy atom. The average Bonchev–Trinajstić information content (AvgIpc) is 3.79.